The van der Waals surface area contributed by atoms with Crippen LogP contribution in [0.15, 0.2) is 30.6 Å². The van der Waals surface area contributed by atoms with Crippen molar-refractivity contribution in [1.29, 1.82) is 0 Å². The Bertz CT molecular complexity index is 552. The lowest BCUT2D eigenvalue weighted by Crippen LogP contribution is -2.27. The van der Waals surface area contributed by atoms with Crippen molar-refractivity contribution in [2.45, 2.75) is 6.42 Å². The molecule has 2 aromatic rings. The van der Waals surface area contributed by atoms with Gasteiger partial charge in [-0.2, -0.15) is 0 Å². The molecule has 0 aliphatic heterocycles. The summed E-state index contributed by atoms with van der Waals surface area (Å²) in [6.07, 6.45) is 4.05. The van der Waals surface area contributed by atoms with Gasteiger partial charge in [0.15, 0.2) is 0 Å². The number of hydrogen-bond donors (Lipinski definition) is 3. The molecule has 1 amide bonds. The van der Waals surface area contributed by atoms with Crippen LogP contribution in [0.5, 0.6) is 5.75 Å². The Morgan fingerprint density at radius 2 is 2.37 bits per heavy atom. The zero-order valence-corrected chi connectivity index (χ0v) is 10.6. The van der Waals surface area contributed by atoms with Crippen LogP contribution in [0.4, 0.5) is 5.69 Å². The Morgan fingerprint density at radius 3 is 3.05 bits per heavy atom. The normalized spacial score (nSPS) is 10.2. The lowest BCUT2D eigenvalue weighted by molar-refractivity contribution is 0.0952. The van der Waals surface area contributed by atoms with E-state index in [1.165, 1.54) is 7.11 Å². The van der Waals surface area contributed by atoms with E-state index in [0.29, 0.717) is 30.0 Å². The number of rotatable bonds is 5. The number of imidazole rings is 1. The summed E-state index contributed by atoms with van der Waals surface area (Å²) in [5.74, 6) is 1.05. The van der Waals surface area contributed by atoms with Crippen LogP contribution >= 0.6 is 0 Å². The Hall–Kier alpha value is -2.50. The fourth-order valence-electron chi connectivity index (χ4n) is 1.78. The van der Waals surface area contributed by atoms with Crippen LogP contribution in [-0.2, 0) is 6.42 Å². The lowest BCUT2D eigenvalue weighted by atomic mass is 10.1. The number of H-pyrrole nitrogens is 1. The minimum Gasteiger partial charge on any atom is -0.496 e. The summed E-state index contributed by atoms with van der Waals surface area (Å²) in [6.45, 7) is 0.476. The van der Waals surface area contributed by atoms with Crippen molar-refractivity contribution in [1.82, 2.24) is 15.3 Å². The van der Waals surface area contributed by atoms with Crippen molar-refractivity contribution < 1.29 is 9.53 Å². The third-order valence-electron chi connectivity index (χ3n) is 2.71. The first-order valence-electron chi connectivity index (χ1n) is 5.91. The summed E-state index contributed by atoms with van der Waals surface area (Å²) in [5.41, 5.74) is 6.57. The molecule has 0 radical (unpaired) electrons. The molecule has 6 nitrogen and oxygen atoms in total. The van der Waals surface area contributed by atoms with Crippen LogP contribution in [0.2, 0.25) is 0 Å². The molecule has 19 heavy (non-hydrogen) atoms. The fraction of sp³-hybridized carbons (Fsp3) is 0.231. The lowest BCUT2D eigenvalue weighted by Gasteiger charge is -2.11. The Balaban J connectivity index is 2.00. The minimum absolute atomic E-state index is 0.249. The van der Waals surface area contributed by atoms with E-state index in [4.69, 9.17) is 10.5 Å². The number of aromatic nitrogens is 2. The third-order valence-corrected chi connectivity index (χ3v) is 2.71. The molecule has 1 aromatic carbocycles. The Kier molecular flexibility index (Phi) is 4.02. The van der Waals surface area contributed by atoms with Gasteiger partial charge in [-0.25, -0.2) is 4.98 Å². The molecule has 4 N–H and O–H groups in total. The highest BCUT2D eigenvalue weighted by Gasteiger charge is 2.15. The van der Waals surface area contributed by atoms with Crippen molar-refractivity contribution in [3.05, 3.63) is 42.0 Å². The van der Waals surface area contributed by atoms with Gasteiger partial charge in [0, 0.05) is 31.0 Å². The molecule has 0 fully saturated rings. The number of nitrogens with zero attached hydrogens (tertiary/aromatic N) is 1. The van der Waals surface area contributed by atoms with Gasteiger partial charge in [0.1, 0.15) is 17.1 Å². The molecule has 0 aliphatic carbocycles. The van der Waals surface area contributed by atoms with E-state index >= 15 is 0 Å². The van der Waals surface area contributed by atoms with E-state index in [1.807, 2.05) is 0 Å². The highest BCUT2D eigenvalue weighted by Crippen LogP contribution is 2.23. The number of benzene rings is 1. The quantitative estimate of drug-likeness (QED) is 0.698. The van der Waals surface area contributed by atoms with Crippen LogP contribution in [0.25, 0.3) is 0 Å². The summed E-state index contributed by atoms with van der Waals surface area (Å²) >= 11 is 0. The van der Waals surface area contributed by atoms with Crippen LogP contribution in [0, 0.1) is 0 Å². The molecule has 0 aliphatic rings. The predicted molar refractivity (Wildman–Crippen MR) is 72.0 cm³/mol. The number of amides is 1. The van der Waals surface area contributed by atoms with Gasteiger partial charge < -0.3 is 20.8 Å². The molecule has 100 valence electrons. The van der Waals surface area contributed by atoms with E-state index in [-0.39, 0.29) is 5.91 Å². The van der Waals surface area contributed by atoms with Gasteiger partial charge in [-0.3, -0.25) is 4.79 Å². The van der Waals surface area contributed by atoms with Crippen molar-refractivity contribution in [3.63, 3.8) is 0 Å². The summed E-state index contributed by atoms with van der Waals surface area (Å²) in [5, 5.41) is 2.79. The van der Waals surface area contributed by atoms with Crippen molar-refractivity contribution in [3.8, 4) is 5.75 Å². The molecule has 1 heterocycles. The molecule has 1 aromatic heterocycles. The molecule has 0 saturated heterocycles. The summed E-state index contributed by atoms with van der Waals surface area (Å²) in [4.78, 5) is 19.1. The van der Waals surface area contributed by atoms with Crippen molar-refractivity contribution in [2.75, 3.05) is 19.4 Å². The molecule has 0 saturated carbocycles. The van der Waals surface area contributed by atoms with Crippen LogP contribution in [-0.4, -0.2) is 29.5 Å². The van der Waals surface area contributed by atoms with Gasteiger partial charge in [0.25, 0.3) is 5.91 Å². The van der Waals surface area contributed by atoms with Crippen LogP contribution in [0.3, 0.4) is 0 Å². The number of methoxy groups -OCH3 is 1. The molecular weight excluding hydrogens is 244 g/mol. The molecule has 0 spiro atoms. The number of nitrogens with one attached hydrogen (secondary N) is 2. The third kappa shape index (κ3) is 3.04. The second-order valence-corrected chi connectivity index (χ2v) is 3.97. The van der Waals surface area contributed by atoms with E-state index in [1.54, 1.807) is 30.6 Å². The zero-order chi connectivity index (χ0) is 13.7. The first-order valence-corrected chi connectivity index (χ1v) is 5.91. The van der Waals surface area contributed by atoms with Gasteiger partial charge in [0.05, 0.1) is 7.11 Å². The largest absolute Gasteiger partial charge is 0.496 e. The number of nitrogen functional groups attached to an aromatic ring is 1. The first-order chi connectivity index (χ1) is 9.22. The van der Waals surface area contributed by atoms with Gasteiger partial charge in [-0.15, -0.1) is 0 Å². The molecule has 0 bridgehead atoms. The predicted octanol–water partition coefficient (Wildman–Crippen LogP) is 0.973. The van der Waals surface area contributed by atoms with E-state index in [0.717, 1.165) is 5.82 Å². The zero-order valence-electron chi connectivity index (χ0n) is 10.6. The number of aromatic amines is 1. The number of hydrogen-bond acceptors (Lipinski definition) is 4. The van der Waals surface area contributed by atoms with Crippen LogP contribution in [0.1, 0.15) is 16.2 Å². The van der Waals surface area contributed by atoms with E-state index < -0.39 is 0 Å². The monoisotopic (exact) mass is 260 g/mol. The first kappa shape index (κ1) is 12.9. The second kappa shape index (κ2) is 5.90. The van der Waals surface area contributed by atoms with Gasteiger partial charge >= 0.3 is 0 Å². The molecular formula is C13H16N4O2. The van der Waals surface area contributed by atoms with Gasteiger partial charge in [-0.1, -0.05) is 6.07 Å². The molecule has 2 rings (SSSR count). The average molecular weight is 260 g/mol. The van der Waals surface area contributed by atoms with Gasteiger partial charge in [0.2, 0.25) is 0 Å². The standard InChI is InChI=1S/C13H16N4O2/c1-19-10-4-2-3-9(14)12(10)13(18)17-6-5-11-15-7-8-16-11/h2-4,7-8H,5-6,14H2,1H3,(H,15,16)(H,17,18). The second-order valence-electron chi connectivity index (χ2n) is 3.97. The van der Waals surface area contributed by atoms with Crippen molar-refractivity contribution >= 4 is 11.6 Å². The van der Waals surface area contributed by atoms with Gasteiger partial charge in [-0.05, 0) is 12.1 Å². The molecule has 0 atom stereocenters. The Morgan fingerprint density at radius 1 is 1.53 bits per heavy atom. The summed E-state index contributed by atoms with van der Waals surface area (Å²) in [7, 11) is 1.51. The summed E-state index contributed by atoms with van der Waals surface area (Å²) in [6, 6.07) is 5.12. The molecule has 0 unspecified atom stereocenters. The number of anilines is 1. The maximum Gasteiger partial charge on any atom is 0.257 e. The highest BCUT2D eigenvalue weighted by molar-refractivity contribution is 6.01. The number of carbonyl (C=O) groups is 1. The smallest absolute Gasteiger partial charge is 0.257 e. The Labute approximate surface area is 111 Å². The highest BCUT2D eigenvalue weighted by atomic mass is 16.5. The van der Waals surface area contributed by atoms with E-state index in [9.17, 15) is 4.79 Å². The topological polar surface area (TPSA) is 93.0 Å². The fourth-order valence-corrected chi connectivity index (χ4v) is 1.78. The average Bonchev–Trinajstić information content (AvgIpc) is 2.91. The SMILES string of the molecule is COc1cccc(N)c1C(=O)NCCc1ncc[nH]1. The minimum atomic E-state index is -0.249. The maximum atomic E-state index is 12.1. The number of carbonyl (C=O) groups excluding carboxylic acids is 1. The molecule has 6 heteroatoms. The number of ether oxygens (including phenoxy) is 1. The number of nitrogens with two attached hydrogens (primary N) is 1. The van der Waals surface area contributed by atoms with E-state index in [2.05, 4.69) is 15.3 Å². The van der Waals surface area contributed by atoms with Crippen molar-refractivity contribution in [2.24, 2.45) is 0 Å². The summed E-state index contributed by atoms with van der Waals surface area (Å²) < 4.78 is 5.14. The maximum absolute atomic E-state index is 12.1. The van der Waals surface area contributed by atoms with Crippen LogP contribution < -0.4 is 15.8 Å².